The molecule has 5 rings (SSSR count). The van der Waals surface area contributed by atoms with E-state index in [4.69, 9.17) is 9.47 Å². The number of carboxylic acids is 1. The van der Waals surface area contributed by atoms with E-state index in [1.807, 2.05) is 0 Å². The fraction of sp³-hybridized carbons (Fsp3) is 0.531. The van der Waals surface area contributed by atoms with Crippen molar-refractivity contribution in [3.05, 3.63) is 42.1 Å². The summed E-state index contributed by atoms with van der Waals surface area (Å²) in [4.78, 5) is 80.8. The number of amides is 5. The Balaban J connectivity index is 1.26. The van der Waals surface area contributed by atoms with Gasteiger partial charge in [-0.15, -0.1) is 0 Å². The van der Waals surface area contributed by atoms with Crippen molar-refractivity contribution in [2.24, 2.45) is 5.92 Å². The molecule has 258 valence electrons. The van der Waals surface area contributed by atoms with Crippen molar-refractivity contribution in [2.45, 2.75) is 51.1 Å². The Bertz CT molecular complexity index is 1500. The Morgan fingerprint density at radius 1 is 0.979 bits per heavy atom. The molecule has 2 unspecified atom stereocenters. The highest BCUT2D eigenvalue weighted by atomic mass is 16.6. The molecule has 2 aliphatic heterocycles. The van der Waals surface area contributed by atoms with Crippen LogP contribution in [0.5, 0.6) is 5.88 Å². The standard InChI is InChI=1S/C32H41N7O9/c1-2-47-32(46)37-15-13-36(14-16-37)31(45)24(18-28(41)42)34-29(43)23-17-27(39(35-23)22-7-4-3-5-8-22)48-20-26(40)38-12-6-9-25(38)30(44)33-19-21-10-11-21/h3-5,7-8,17,21,24-25H,2,6,9-16,18-20H2,1H3,(H,33,44)(H,34,43)(H,41,42). The number of ether oxygens (including phenoxy) is 2. The summed E-state index contributed by atoms with van der Waals surface area (Å²) in [5.41, 5.74) is 0.352. The lowest BCUT2D eigenvalue weighted by Crippen LogP contribution is -2.56. The van der Waals surface area contributed by atoms with Crippen molar-refractivity contribution in [2.75, 3.05) is 52.5 Å². The number of para-hydroxylation sites is 1. The number of nitrogens with one attached hydrogen (secondary N) is 2. The van der Waals surface area contributed by atoms with Gasteiger partial charge in [-0.2, -0.15) is 5.10 Å². The van der Waals surface area contributed by atoms with E-state index in [0.29, 0.717) is 37.5 Å². The summed E-state index contributed by atoms with van der Waals surface area (Å²) in [6, 6.07) is 8.06. The van der Waals surface area contributed by atoms with E-state index >= 15 is 0 Å². The van der Waals surface area contributed by atoms with Crippen LogP contribution in [0.1, 0.15) is 49.5 Å². The average Bonchev–Trinajstić information content (AvgIpc) is 3.60. The van der Waals surface area contributed by atoms with Gasteiger partial charge in [0.25, 0.3) is 11.8 Å². The number of hydrogen-bond donors (Lipinski definition) is 3. The van der Waals surface area contributed by atoms with Crippen LogP contribution in [0.2, 0.25) is 0 Å². The predicted octanol–water partition coefficient (Wildman–Crippen LogP) is 0.642. The molecule has 1 aromatic heterocycles. The molecule has 0 radical (unpaired) electrons. The Hall–Kier alpha value is -5.15. The minimum Gasteiger partial charge on any atom is -0.481 e. The third-order valence-corrected chi connectivity index (χ3v) is 8.49. The van der Waals surface area contributed by atoms with Gasteiger partial charge in [0.05, 0.1) is 18.7 Å². The van der Waals surface area contributed by atoms with Crippen molar-refractivity contribution < 1.29 is 43.3 Å². The zero-order valence-electron chi connectivity index (χ0n) is 26.8. The van der Waals surface area contributed by atoms with Gasteiger partial charge in [-0.1, -0.05) is 18.2 Å². The fourth-order valence-electron chi connectivity index (χ4n) is 5.72. The zero-order valence-corrected chi connectivity index (χ0v) is 26.8. The van der Waals surface area contributed by atoms with Crippen LogP contribution in [0.25, 0.3) is 5.69 Å². The molecule has 16 nitrogen and oxygen atoms in total. The molecule has 48 heavy (non-hydrogen) atoms. The molecule has 16 heteroatoms. The number of hydrogen-bond acceptors (Lipinski definition) is 9. The molecule has 2 atom stereocenters. The van der Waals surface area contributed by atoms with E-state index < -0.39 is 49.0 Å². The fourth-order valence-corrected chi connectivity index (χ4v) is 5.72. The SMILES string of the molecule is CCOC(=O)N1CCN(C(=O)C(CC(=O)O)NC(=O)c2cc(OCC(=O)N3CCCC3C(=O)NCC3CC3)n(-c3ccccc3)n2)CC1. The molecule has 3 aliphatic rings. The van der Waals surface area contributed by atoms with Crippen LogP contribution in [0, 0.1) is 5.92 Å². The molecule has 0 spiro atoms. The van der Waals surface area contributed by atoms with Crippen molar-refractivity contribution in [1.29, 1.82) is 0 Å². The lowest BCUT2D eigenvalue weighted by molar-refractivity contribution is -0.143. The number of aromatic nitrogens is 2. The normalized spacial score (nSPS) is 18.2. The molecule has 1 aliphatic carbocycles. The summed E-state index contributed by atoms with van der Waals surface area (Å²) in [6.45, 7) is 3.19. The summed E-state index contributed by atoms with van der Waals surface area (Å²) in [6.07, 6.45) is 2.28. The first-order valence-electron chi connectivity index (χ1n) is 16.2. The lowest BCUT2D eigenvalue weighted by Gasteiger charge is -2.35. The van der Waals surface area contributed by atoms with Crippen LogP contribution in [0.4, 0.5) is 4.79 Å². The number of aliphatic carboxylic acids is 1. The molecule has 2 aromatic rings. The van der Waals surface area contributed by atoms with Crippen molar-refractivity contribution in [3.63, 3.8) is 0 Å². The Morgan fingerprint density at radius 2 is 1.69 bits per heavy atom. The quantitative estimate of drug-likeness (QED) is 0.273. The average molecular weight is 668 g/mol. The first kappa shape index (κ1) is 34.2. The summed E-state index contributed by atoms with van der Waals surface area (Å²) < 4.78 is 12.2. The van der Waals surface area contributed by atoms with Gasteiger partial charge in [0, 0.05) is 45.3 Å². The molecular formula is C32H41N7O9. The number of nitrogens with zero attached hydrogens (tertiary/aromatic N) is 5. The second kappa shape index (κ2) is 15.6. The topological polar surface area (TPSA) is 193 Å². The summed E-state index contributed by atoms with van der Waals surface area (Å²) in [5, 5.41) is 19.3. The van der Waals surface area contributed by atoms with Crippen LogP contribution >= 0.6 is 0 Å². The molecule has 3 fully saturated rings. The van der Waals surface area contributed by atoms with Crippen LogP contribution in [0.3, 0.4) is 0 Å². The molecular weight excluding hydrogens is 626 g/mol. The number of carbonyl (C=O) groups is 6. The third-order valence-electron chi connectivity index (χ3n) is 8.49. The van der Waals surface area contributed by atoms with Gasteiger partial charge in [0.1, 0.15) is 12.1 Å². The highest BCUT2D eigenvalue weighted by Crippen LogP contribution is 2.28. The smallest absolute Gasteiger partial charge is 0.409 e. The van der Waals surface area contributed by atoms with E-state index in [1.54, 1.807) is 37.3 Å². The van der Waals surface area contributed by atoms with E-state index in [9.17, 15) is 33.9 Å². The lowest BCUT2D eigenvalue weighted by atomic mass is 10.1. The monoisotopic (exact) mass is 667 g/mol. The van der Waals surface area contributed by atoms with E-state index in [1.165, 1.54) is 25.4 Å². The van der Waals surface area contributed by atoms with Crippen LogP contribution in [0.15, 0.2) is 36.4 Å². The zero-order chi connectivity index (χ0) is 34.2. The second-order valence-corrected chi connectivity index (χ2v) is 12.0. The van der Waals surface area contributed by atoms with Crippen molar-refractivity contribution in [1.82, 2.24) is 35.1 Å². The molecule has 3 heterocycles. The minimum absolute atomic E-state index is 0.0600. The maximum absolute atomic E-state index is 13.4. The number of carbonyl (C=O) groups excluding carboxylic acids is 5. The Kier molecular flexibility index (Phi) is 11.1. The number of piperazine rings is 1. The van der Waals surface area contributed by atoms with E-state index in [0.717, 1.165) is 12.8 Å². The number of benzene rings is 1. The highest BCUT2D eigenvalue weighted by molar-refractivity contribution is 5.97. The predicted molar refractivity (Wildman–Crippen MR) is 168 cm³/mol. The van der Waals surface area contributed by atoms with Crippen LogP contribution in [-0.2, 0) is 23.9 Å². The first-order valence-corrected chi connectivity index (χ1v) is 16.2. The molecule has 1 saturated carbocycles. The minimum atomic E-state index is -1.41. The summed E-state index contributed by atoms with van der Waals surface area (Å²) in [7, 11) is 0. The van der Waals surface area contributed by atoms with Gasteiger partial charge in [-0.05, 0) is 50.7 Å². The van der Waals surface area contributed by atoms with Gasteiger partial charge >= 0.3 is 12.1 Å². The number of likely N-dealkylation sites (tertiary alicyclic amines) is 1. The van der Waals surface area contributed by atoms with Crippen LogP contribution < -0.4 is 15.4 Å². The largest absolute Gasteiger partial charge is 0.481 e. The van der Waals surface area contributed by atoms with Gasteiger partial charge in [-0.3, -0.25) is 24.0 Å². The second-order valence-electron chi connectivity index (χ2n) is 12.0. The maximum Gasteiger partial charge on any atom is 0.409 e. The molecule has 3 N–H and O–H groups in total. The van der Waals surface area contributed by atoms with Crippen molar-refractivity contribution in [3.8, 4) is 11.6 Å². The number of carboxylic acid groups (broad SMARTS) is 1. The van der Waals surface area contributed by atoms with E-state index in [-0.39, 0.29) is 56.2 Å². The molecule has 1 aromatic carbocycles. The summed E-state index contributed by atoms with van der Waals surface area (Å²) >= 11 is 0. The summed E-state index contributed by atoms with van der Waals surface area (Å²) in [5.74, 6) is -2.72. The Labute approximate surface area is 277 Å². The molecule has 5 amide bonds. The van der Waals surface area contributed by atoms with E-state index in [2.05, 4.69) is 15.7 Å². The molecule has 0 bridgehead atoms. The number of rotatable bonds is 13. The van der Waals surface area contributed by atoms with Gasteiger partial charge < -0.3 is 39.9 Å². The molecule has 2 saturated heterocycles. The van der Waals surface area contributed by atoms with Crippen LogP contribution in [-0.4, -0.2) is 130 Å². The first-order chi connectivity index (χ1) is 23.1. The Morgan fingerprint density at radius 3 is 2.35 bits per heavy atom. The maximum atomic E-state index is 13.4. The highest BCUT2D eigenvalue weighted by Gasteiger charge is 2.36. The van der Waals surface area contributed by atoms with Crippen molar-refractivity contribution >= 4 is 35.7 Å². The van der Waals surface area contributed by atoms with Gasteiger partial charge in [0.15, 0.2) is 12.3 Å². The van der Waals surface area contributed by atoms with Gasteiger partial charge in [-0.25, -0.2) is 9.48 Å². The van der Waals surface area contributed by atoms with Gasteiger partial charge in [0.2, 0.25) is 17.7 Å². The third kappa shape index (κ3) is 8.60.